The second-order valence-corrected chi connectivity index (χ2v) is 10.3. The summed E-state index contributed by atoms with van der Waals surface area (Å²) in [6.45, 7) is 7.48. The molecule has 4 N–H and O–H groups in total. The van der Waals surface area contributed by atoms with Gasteiger partial charge in [-0.25, -0.2) is 13.2 Å². The molecular formula is C27H31N3O5S. The normalized spacial score (nSPS) is 12.1. The average Bonchev–Trinajstić information content (AvgIpc) is 2.78. The molecule has 3 aromatic carbocycles. The zero-order valence-electron chi connectivity index (χ0n) is 20.8. The summed E-state index contributed by atoms with van der Waals surface area (Å²) in [4.78, 5) is 24.4. The van der Waals surface area contributed by atoms with Gasteiger partial charge in [-0.15, -0.1) is 0 Å². The van der Waals surface area contributed by atoms with Crippen LogP contribution in [0.1, 0.15) is 29.2 Å². The molecule has 0 saturated heterocycles. The fourth-order valence-corrected chi connectivity index (χ4v) is 5.91. The van der Waals surface area contributed by atoms with Crippen LogP contribution in [0.4, 0.5) is 10.5 Å². The van der Waals surface area contributed by atoms with Crippen LogP contribution in [0.5, 0.6) is 0 Å². The van der Waals surface area contributed by atoms with Crippen molar-refractivity contribution in [3.63, 3.8) is 0 Å². The van der Waals surface area contributed by atoms with Crippen LogP contribution in [0.25, 0.3) is 11.1 Å². The van der Waals surface area contributed by atoms with Crippen molar-refractivity contribution in [3.05, 3.63) is 82.9 Å². The number of benzene rings is 3. The van der Waals surface area contributed by atoms with Gasteiger partial charge in [0.05, 0.1) is 10.6 Å². The Kier molecular flexibility index (Phi) is 8.49. The van der Waals surface area contributed by atoms with Crippen LogP contribution < -0.4 is 15.4 Å². The molecule has 9 heteroatoms. The van der Waals surface area contributed by atoms with Gasteiger partial charge < -0.3 is 15.7 Å². The Balaban J connectivity index is 1.94. The van der Waals surface area contributed by atoms with E-state index in [1.54, 1.807) is 51.1 Å². The fourth-order valence-electron chi connectivity index (χ4n) is 4.27. The maximum atomic E-state index is 13.2. The second kappa shape index (κ2) is 11.4. The smallest absolute Gasteiger partial charge is 0.322 e. The molecule has 1 unspecified atom stereocenters. The number of aryl methyl sites for hydroxylation is 3. The molecule has 0 fully saturated rings. The summed E-state index contributed by atoms with van der Waals surface area (Å²) in [6.07, 6.45) is -0.113. The lowest BCUT2D eigenvalue weighted by Crippen LogP contribution is -2.42. The molecule has 36 heavy (non-hydrogen) atoms. The zero-order chi connectivity index (χ0) is 26.5. The number of amides is 2. The minimum Gasteiger partial charge on any atom is -0.480 e. The van der Waals surface area contributed by atoms with Crippen molar-refractivity contribution in [2.75, 3.05) is 11.9 Å². The van der Waals surface area contributed by atoms with Crippen LogP contribution in [0.15, 0.2) is 65.6 Å². The van der Waals surface area contributed by atoms with Gasteiger partial charge in [0.15, 0.2) is 0 Å². The predicted molar refractivity (Wildman–Crippen MR) is 141 cm³/mol. The Hall–Kier alpha value is -3.69. The molecule has 0 bridgehead atoms. The van der Waals surface area contributed by atoms with E-state index < -0.39 is 28.1 Å². The van der Waals surface area contributed by atoms with Crippen molar-refractivity contribution in [1.82, 2.24) is 10.0 Å². The Morgan fingerprint density at radius 1 is 0.944 bits per heavy atom. The summed E-state index contributed by atoms with van der Waals surface area (Å²) in [7, 11) is -4.10. The quantitative estimate of drug-likeness (QED) is 0.340. The molecule has 0 radical (unpaired) electrons. The number of hydrogen-bond acceptors (Lipinski definition) is 4. The first-order valence-electron chi connectivity index (χ1n) is 11.6. The largest absolute Gasteiger partial charge is 0.480 e. The Morgan fingerprint density at radius 2 is 1.58 bits per heavy atom. The van der Waals surface area contributed by atoms with E-state index in [0.29, 0.717) is 28.9 Å². The van der Waals surface area contributed by atoms with Crippen LogP contribution in [0, 0.1) is 20.8 Å². The van der Waals surface area contributed by atoms with Crippen LogP contribution in [0.2, 0.25) is 0 Å². The molecule has 0 aliphatic heterocycles. The summed E-state index contributed by atoms with van der Waals surface area (Å²) in [5.41, 5.74) is 4.68. The molecular weight excluding hydrogens is 478 g/mol. The van der Waals surface area contributed by atoms with E-state index in [1.165, 1.54) is 0 Å². The highest BCUT2D eigenvalue weighted by molar-refractivity contribution is 7.89. The number of urea groups is 1. The number of anilines is 1. The van der Waals surface area contributed by atoms with Gasteiger partial charge in [0.25, 0.3) is 0 Å². The van der Waals surface area contributed by atoms with E-state index >= 15 is 0 Å². The molecule has 2 amide bonds. The highest BCUT2D eigenvalue weighted by Crippen LogP contribution is 2.30. The highest BCUT2D eigenvalue weighted by Gasteiger charge is 2.28. The number of nitrogens with one attached hydrogen (secondary N) is 3. The topological polar surface area (TPSA) is 125 Å². The monoisotopic (exact) mass is 509 g/mol. The molecule has 3 rings (SSSR count). The van der Waals surface area contributed by atoms with Gasteiger partial charge in [-0.05, 0) is 62.4 Å². The standard InChI is InChI=1S/C27H31N3O5S/c1-5-28-27(33)29-23-15-20(11-12-22(23)21-9-7-6-8-10-21)16-24(26(31)32)30-36(34,35)25-18(3)13-17(2)14-19(25)4/h6-15,24,30H,5,16H2,1-4H3,(H,31,32)(H2,28,29,33). The van der Waals surface area contributed by atoms with Crippen molar-refractivity contribution in [2.24, 2.45) is 0 Å². The van der Waals surface area contributed by atoms with Gasteiger partial charge in [0, 0.05) is 12.1 Å². The number of rotatable bonds is 9. The Morgan fingerprint density at radius 3 is 2.17 bits per heavy atom. The summed E-state index contributed by atoms with van der Waals surface area (Å²) in [6, 6.07) is 16.3. The van der Waals surface area contributed by atoms with Gasteiger partial charge in [-0.2, -0.15) is 4.72 Å². The van der Waals surface area contributed by atoms with Gasteiger partial charge >= 0.3 is 12.0 Å². The minimum atomic E-state index is -4.10. The third-order valence-corrected chi connectivity index (χ3v) is 7.44. The molecule has 0 spiro atoms. The number of carboxylic acids is 1. The molecule has 190 valence electrons. The minimum absolute atomic E-state index is 0.0809. The second-order valence-electron chi connectivity index (χ2n) is 8.67. The number of aliphatic carboxylic acids is 1. The van der Waals surface area contributed by atoms with Crippen molar-refractivity contribution in [2.45, 2.75) is 45.1 Å². The van der Waals surface area contributed by atoms with Crippen LogP contribution in [-0.4, -0.2) is 38.1 Å². The zero-order valence-corrected chi connectivity index (χ0v) is 21.6. The van der Waals surface area contributed by atoms with Crippen LogP contribution in [0.3, 0.4) is 0 Å². The van der Waals surface area contributed by atoms with Crippen molar-refractivity contribution < 1.29 is 23.1 Å². The van der Waals surface area contributed by atoms with Crippen LogP contribution >= 0.6 is 0 Å². The van der Waals surface area contributed by atoms with Gasteiger partial charge in [0.2, 0.25) is 10.0 Å². The van der Waals surface area contributed by atoms with E-state index in [-0.39, 0.29) is 11.3 Å². The lowest BCUT2D eigenvalue weighted by molar-refractivity contribution is -0.138. The molecule has 1 atom stereocenters. The first kappa shape index (κ1) is 26.9. The number of carbonyl (C=O) groups excluding carboxylic acids is 1. The number of sulfonamides is 1. The van der Waals surface area contributed by atoms with Gasteiger partial charge in [0.1, 0.15) is 6.04 Å². The maximum absolute atomic E-state index is 13.2. The van der Waals surface area contributed by atoms with E-state index in [9.17, 15) is 23.1 Å². The lowest BCUT2D eigenvalue weighted by Gasteiger charge is -2.19. The van der Waals surface area contributed by atoms with Crippen molar-refractivity contribution in [1.29, 1.82) is 0 Å². The summed E-state index contributed by atoms with van der Waals surface area (Å²) < 4.78 is 28.7. The van der Waals surface area contributed by atoms with E-state index in [1.807, 2.05) is 37.3 Å². The van der Waals surface area contributed by atoms with E-state index in [2.05, 4.69) is 15.4 Å². The number of hydrogen-bond donors (Lipinski definition) is 4. The first-order chi connectivity index (χ1) is 17.0. The SMILES string of the molecule is CCNC(=O)Nc1cc(CC(NS(=O)(=O)c2c(C)cc(C)cc2C)C(=O)O)ccc1-c1ccccc1. The fraction of sp³-hybridized carbons (Fsp3) is 0.259. The molecule has 0 saturated carbocycles. The molecule has 0 aromatic heterocycles. The Labute approximate surface area is 211 Å². The van der Waals surface area contributed by atoms with Crippen molar-refractivity contribution >= 4 is 27.7 Å². The van der Waals surface area contributed by atoms with Crippen LogP contribution in [-0.2, 0) is 21.2 Å². The van der Waals surface area contributed by atoms with Crippen molar-refractivity contribution in [3.8, 4) is 11.1 Å². The van der Waals surface area contributed by atoms with Gasteiger partial charge in [-0.1, -0.05) is 60.2 Å². The molecule has 0 aliphatic rings. The van der Waals surface area contributed by atoms with Gasteiger partial charge in [-0.3, -0.25) is 4.79 Å². The maximum Gasteiger partial charge on any atom is 0.322 e. The predicted octanol–water partition coefficient (Wildman–Crippen LogP) is 4.39. The average molecular weight is 510 g/mol. The third kappa shape index (κ3) is 6.50. The summed E-state index contributed by atoms with van der Waals surface area (Å²) >= 11 is 0. The third-order valence-electron chi connectivity index (χ3n) is 5.66. The lowest BCUT2D eigenvalue weighted by atomic mass is 9.98. The molecule has 8 nitrogen and oxygen atoms in total. The summed E-state index contributed by atoms with van der Waals surface area (Å²) in [5.74, 6) is -1.30. The number of carboxylic acid groups (broad SMARTS) is 1. The molecule has 0 heterocycles. The number of carbonyl (C=O) groups is 2. The molecule has 3 aromatic rings. The molecule has 0 aliphatic carbocycles. The highest BCUT2D eigenvalue weighted by atomic mass is 32.2. The van der Waals surface area contributed by atoms with E-state index in [0.717, 1.165) is 16.7 Å². The summed E-state index contributed by atoms with van der Waals surface area (Å²) in [5, 5.41) is 15.3. The first-order valence-corrected chi connectivity index (χ1v) is 13.1. The Bertz CT molecular complexity index is 1350. The van der Waals surface area contributed by atoms with E-state index in [4.69, 9.17) is 0 Å².